The normalized spacial score (nSPS) is 10.6. The summed E-state index contributed by atoms with van der Waals surface area (Å²) in [7, 11) is 1.42. The average Bonchev–Trinajstić information content (AvgIpc) is 2.47. The summed E-state index contributed by atoms with van der Waals surface area (Å²) in [5, 5.41) is 2.56. The lowest BCUT2D eigenvalue weighted by molar-refractivity contribution is 0.610. The van der Waals surface area contributed by atoms with Crippen LogP contribution in [0.25, 0.3) is 11.3 Å². The molecule has 0 radical (unpaired) electrons. The number of halogens is 2. The molecule has 78 valence electrons. The molecule has 0 fully saturated rings. The minimum atomic E-state index is -0.857. The molecular weight excluding hydrogens is 202 g/mol. The van der Waals surface area contributed by atoms with E-state index in [0.29, 0.717) is 5.56 Å². The third-order valence-corrected chi connectivity index (χ3v) is 2.12. The van der Waals surface area contributed by atoms with Crippen LogP contribution in [0.5, 0.6) is 0 Å². The Hall–Kier alpha value is -1.91. The first-order valence-corrected chi connectivity index (χ1v) is 4.30. The molecular formula is C10H8F2N2O. The quantitative estimate of drug-likeness (QED) is 0.763. The molecule has 0 atom stereocenters. The Morgan fingerprint density at radius 2 is 1.80 bits per heavy atom. The first-order chi connectivity index (χ1) is 7.09. The van der Waals surface area contributed by atoms with Crippen molar-refractivity contribution in [2.24, 2.45) is 7.05 Å². The number of nitrogens with one attached hydrogen (secondary N) is 1. The highest BCUT2D eigenvalue weighted by Crippen LogP contribution is 2.18. The van der Waals surface area contributed by atoms with Gasteiger partial charge in [0.05, 0.1) is 0 Å². The molecule has 1 aromatic heterocycles. The zero-order chi connectivity index (χ0) is 11.0. The van der Waals surface area contributed by atoms with E-state index in [-0.39, 0.29) is 5.69 Å². The highest BCUT2D eigenvalue weighted by atomic mass is 19.1. The molecule has 0 saturated heterocycles. The van der Waals surface area contributed by atoms with E-state index in [4.69, 9.17) is 0 Å². The van der Waals surface area contributed by atoms with E-state index in [9.17, 15) is 13.6 Å². The summed E-state index contributed by atoms with van der Waals surface area (Å²) in [6, 6.07) is 5.23. The summed E-state index contributed by atoms with van der Waals surface area (Å²) in [6.45, 7) is 0. The Bertz CT molecular complexity index is 540. The lowest BCUT2D eigenvalue weighted by Gasteiger charge is -1.97. The van der Waals surface area contributed by atoms with Gasteiger partial charge in [-0.25, -0.2) is 4.39 Å². The SMILES string of the molecule is Cn1[nH]c(-c2ccc(F)cc2)c(F)c1=O. The molecule has 5 heteroatoms. The molecule has 0 aliphatic heterocycles. The first-order valence-electron chi connectivity index (χ1n) is 4.30. The largest absolute Gasteiger partial charge is 0.302 e. The smallest absolute Gasteiger partial charge is 0.292 e. The van der Waals surface area contributed by atoms with Crippen LogP contribution in [0.4, 0.5) is 8.78 Å². The van der Waals surface area contributed by atoms with E-state index in [0.717, 1.165) is 4.68 Å². The van der Waals surface area contributed by atoms with Gasteiger partial charge in [0.25, 0.3) is 0 Å². The van der Waals surface area contributed by atoms with Gasteiger partial charge >= 0.3 is 5.56 Å². The van der Waals surface area contributed by atoms with Gasteiger partial charge in [0.2, 0.25) is 5.82 Å². The molecule has 0 bridgehead atoms. The van der Waals surface area contributed by atoms with Crippen LogP contribution in [0.15, 0.2) is 29.1 Å². The Morgan fingerprint density at radius 3 is 2.27 bits per heavy atom. The van der Waals surface area contributed by atoms with E-state index in [1.165, 1.54) is 31.3 Å². The second kappa shape index (κ2) is 3.34. The fourth-order valence-corrected chi connectivity index (χ4v) is 1.33. The highest BCUT2D eigenvalue weighted by Gasteiger charge is 2.13. The molecule has 15 heavy (non-hydrogen) atoms. The summed E-state index contributed by atoms with van der Waals surface area (Å²) in [6.07, 6.45) is 0. The maximum Gasteiger partial charge on any atom is 0.302 e. The molecule has 0 unspecified atom stereocenters. The summed E-state index contributed by atoms with van der Waals surface area (Å²) in [5.74, 6) is -1.26. The van der Waals surface area contributed by atoms with Crippen LogP contribution in [0.2, 0.25) is 0 Å². The van der Waals surface area contributed by atoms with Gasteiger partial charge in [-0.2, -0.15) is 4.39 Å². The first kappa shape index (κ1) is 9.64. The van der Waals surface area contributed by atoms with E-state index >= 15 is 0 Å². The van der Waals surface area contributed by atoms with Gasteiger partial charge in [-0.3, -0.25) is 14.6 Å². The molecule has 0 saturated carbocycles. The monoisotopic (exact) mass is 210 g/mol. The molecule has 2 aromatic rings. The Balaban J connectivity index is 2.59. The van der Waals surface area contributed by atoms with Crippen LogP contribution in [-0.4, -0.2) is 9.78 Å². The number of hydrogen-bond acceptors (Lipinski definition) is 1. The van der Waals surface area contributed by atoms with Crippen molar-refractivity contribution in [3.8, 4) is 11.3 Å². The predicted molar refractivity (Wildman–Crippen MR) is 51.4 cm³/mol. The number of nitrogens with zero attached hydrogens (tertiary/aromatic N) is 1. The van der Waals surface area contributed by atoms with Crippen molar-refractivity contribution in [3.63, 3.8) is 0 Å². The number of aromatic amines is 1. The van der Waals surface area contributed by atoms with Crippen LogP contribution in [0.3, 0.4) is 0 Å². The van der Waals surface area contributed by atoms with Gasteiger partial charge in [0.1, 0.15) is 11.5 Å². The summed E-state index contributed by atoms with van der Waals surface area (Å²) >= 11 is 0. The zero-order valence-corrected chi connectivity index (χ0v) is 7.92. The molecule has 3 nitrogen and oxygen atoms in total. The number of H-pyrrole nitrogens is 1. The highest BCUT2D eigenvalue weighted by molar-refractivity contribution is 5.58. The van der Waals surface area contributed by atoms with Crippen molar-refractivity contribution in [2.75, 3.05) is 0 Å². The van der Waals surface area contributed by atoms with Crippen molar-refractivity contribution >= 4 is 0 Å². The maximum atomic E-state index is 13.4. The summed E-state index contributed by atoms with van der Waals surface area (Å²) in [4.78, 5) is 11.1. The molecule has 0 aliphatic rings. The molecule has 1 aromatic carbocycles. The molecule has 0 amide bonds. The zero-order valence-electron chi connectivity index (χ0n) is 7.92. The van der Waals surface area contributed by atoms with E-state index in [1.807, 2.05) is 0 Å². The van der Waals surface area contributed by atoms with Gasteiger partial charge in [0.15, 0.2) is 0 Å². The van der Waals surface area contributed by atoms with Gasteiger partial charge in [0, 0.05) is 12.6 Å². The fourth-order valence-electron chi connectivity index (χ4n) is 1.33. The molecule has 2 rings (SSSR count). The van der Waals surface area contributed by atoms with Crippen LogP contribution in [-0.2, 0) is 7.05 Å². The van der Waals surface area contributed by atoms with E-state index in [2.05, 4.69) is 5.10 Å². The van der Waals surface area contributed by atoms with E-state index in [1.54, 1.807) is 0 Å². The van der Waals surface area contributed by atoms with Crippen LogP contribution < -0.4 is 5.56 Å². The van der Waals surface area contributed by atoms with Crippen molar-refractivity contribution < 1.29 is 8.78 Å². The molecule has 1 heterocycles. The summed E-state index contributed by atoms with van der Waals surface area (Å²) < 4.78 is 27.0. The number of aromatic nitrogens is 2. The third kappa shape index (κ3) is 1.56. The topological polar surface area (TPSA) is 37.8 Å². The minimum Gasteiger partial charge on any atom is -0.292 e. The van der Waals surface area contributed by atoms with Crippen LogP contribution in [0, 0.1) is 11.6 Å². The van der Waals surface area contributed by atoms with Crippen molar-refractivity contribution in [1.82, 2.24) is 9.78 Å². The van der Waals surface area contributed by atoms with E-state index < -0.39 is 17.2 Å². The number of benzene rings is 1. The Morgan fingerprint density at radius 1 is 1.20 bits per heavy atom. The number of aryl methyl sites for hydroxylation is 1. The lowest BCUT2D eigenvalue weighted by Crippen LogP contribution is -2.13. The molecule has 0 aliphatic carbocycles. The second-order valence-electron chi connectivity index (χ2n) is 3.17. The van der Waals surface area contributed by atoms with Gasteiger partial charge in [-0.05, 0) is 24.3 Å². The number of hydrogen-bond donors (Lipinski definition) is 1. The third-order valence-electron chi connectivity index (χ3n) is 2.12. The fraction of sp³-hybridized carbons (Fsp3) is 0.100. The lowest BCUT2D eigenvalue weighted by atomic mass is 10.1. The van der Waals surface area contributed by atoms with Crippen molar-refractivity contribution in [3.05, 3.63) is 46.3 Å². The van der Waals surface area contributed by atoms with Gasteiger partial charge < -0.3 is 0 Å². The molecule has 1 N–H and O–H groups in total. The average molecular weight is 210 g/mol. The molecule has 0 spiro atoms. The Labute approximate surface area is 84.0 Å². The predicted octanol–water partition coefficient (Wildman–Crippen LogP) is 1.66. The van der Waals surface area contributed by atoms with Crippen molar-refractivity contribution in [1.29, 1.82) is 0 Å². The van der Waals surface area contributed by atoms with Crippen LogP contribution >= 0.6 is 0 Å². The maximum absolute atomic E-state index is 13.4. The minimum absolute atomic E-state index is 0.0718. The van der Waals surface area contributed by atoms with Crippen molar-refractivity contribution in [2.45, 2.75) is 0 Å². The Kier molecular flexibility index (Phi) is 2.15. The standard InChI is InChI=1S/C10H8F2N2O/c1-14-10(15)8(12)9(13-14)6-2-4-7(11)5-3-6/h2-5,13H,1H3. The van der Waals surface area contributed by atoms with Crippen LogP contribution in [0.1, 0.15) is 0 Å². The summed E-state index contributed by atoms with van der Waals surface area (Å²) in [5.41, 5.74) is -0.219. The van der Waals surface area contributed by atoms with Gasteiger partial charge in [-0.15, -0.1) is 0 Å². The number of rotatable bonds is 1. The second-order valence-corrected chi connectivity index (χ2v) is 3.17. The van der Waals surface area contributed by atoms with Gasteiger partial charge in [-0.1, -0.05) is 0 Å².